The standard InChI is InChI=1S/C16H15FN2O.C8H20N2.C4H9NO.C4H10.C2H4O.2C2H6/c1-8-9(2)15(18-10(8)3)7-13-12-6-11(17)4-5-14(12)19-16(13)20;1-5-9(3)7-8-10(4)6-2;1-3-5-4(2)6;1-3-4-2;1-2-3;2*1-2/h4-7,18H,1-3H3,(H,19,20);5-8H2,1-4H3;3H2,1-2H3,(H,5,6);3-4H2,1-2H3;2H,1H3;2*1-2H3/b13-7-;;;;;;. The first-order valence-corrected chi connectivity index (χ1v) is 17.3. The van der Waals surface area contributed by atoms with Crippen LogP contribution in [0.15, 0.2) is 18.2 Å². The Balaban J connectivity index is -0.000000288. The summed E-state index contributed by atoms with van der Waals surface area (Å²) in [5.41, 5.74) is 6.00. The third-order valence-electron chi connectivity index (χ3n) is 6.77. The number of rotatable bonds is 8. The van der Waals surface area contributed by atoms with Crippen LogP contribution in [-0.2, 0) is 14.4 Å². The Morgan fingerprint density at radius 2 is 1.36 bits per heavy atom. The van der Waals surface area contributed by atoms with Crippen molar-refractivity contribution in [2.24, 2.45) is 0 Å². The zero-order valence-corrected chi connectivity index (χ0v) is 32.8. The number of carbonyl (C=O) groups excluding carboxylic acids is 3. The van der Waals surface area contributed by atoms with E-state index in [0.29, 0.717) is 16.8 Å². The highest BCUT2D eigenvalue weighted by molar-refractivity contribution is 6.34. The van der Waals surface area contributed by atoms with E-state index in [4.69, 9.17) is 4.79 Å². The van der Waals surface area contributed by atoms with Crippen LogP contribution < -0.4 is 10.6 Å². The Morgan fingerprint density at radius 1 is 0.894 bits per heavy atom. The number of aryl methyl sites for hydroxylation is 1. The molecule has 0 spiro atoms. The minimum Gasteiger partial charge on any atom is -0.359 e. The molecule has 0 bridgehead atoms. The highest BCUT2D eigenvalue weighted by atomic mass is 19.1. The summed E-state index contributed by atoms with van der Waals surface area (Å²) < 4.78 is 13.4. The van der Waals surface area contributed by atoms with Crippen molar-refractivity contribution in [3.8, 4) is 0 Å². The van der Waals surface area contributed by atoms with Gasteiger partial charge >= 0.3 is 0 Å². The van der Waals surface area contributed by atoms with E-state index < -0.39 is 0 Å². The fourth-order valence-corrected chi connectivity index (χ4v) is 3.37. The fourth-order valence-electron chi connectivity index (χ4n) is 3.37. The molecular formula is C38H70FN5O3. The maximum Gasteiger partial charge on any atom is 0.256 e. The lowest BCUT2D eigenvalue weighted by Gasteiger charge is -2.18. The Morgan fingerprint density at radius 3 is 1.68 bits per heavy atom. The van der Waals surface area contributed by atoms with Gasteiger partial charge < -0.3 is 30.2 Å². The molecule has 1 aromatic carbocycles. The van der Waals surface area contributed by atoms with Crippen molar-refractivity contribution in [3.05, 3.63) is 52.1 Å². The molecule has 2 amide bonds. The zero-order chi connectivity index (χ0) is 37.5. The van der Waals surface area contributed by atoms with Crippen LogP contribution in [0.25, 0.3) is 11.6 Å². The van der Waals surface area contributed by atoms with Gasteiger partial charge in [-0.25, -0.2) is 4.39 Å². The highest BCUT2D eigenvalue weighted by Crippen LogP contribution is 2.34. The molecular weight excluding hydrogens is 593 g/mol. The lowest BCUT2D eigenvalue weighted by Crippen LogP contribution is -2.30. The van der Waals surface area contributed by atoms with E-state index in [1.54, 1.807) is 12.1 Å². The van der Waals surface area contributed by atoms with Crippen LogP contribution in [0.1, 0.15) is 117 Å². The fraction of sp³-hybridized carbons (Fsp3) is 0.605. The summed E-state index contributed by atoms with van der Waals surface area (Å²) in [6, 6.07) is 4.31. The number of halogens is 1. The van der Waals surface area contributed by atoms with Gasteiger partial charge in [0.05, 0.1) is 5.57 Å². The molecule has 3 N–H and O–H groups in total. The summed E-state index contributed by atoms with van der Waals surface area (Å²) in [7, 11) is 4.31. The molecule has 0 unspecified atom stereocenters. The number of fused-ring (bicyclic) bond motifs is 1. The third kappa shape index (κ3) is 23.6. The van der Waals surface area contributed by atoms with Crippen LogP contribution in [0.5, 0.6) is 0 Å². The van der Waals surface area contributed by atoms with E-state index in [-0.39, 0.29) is 17.6 Å². The number of amides is 2. The molecule has 2 aromatic rings. The number of nitrogens with zero attached hydrogens (tertiary/aromatic N) is 2. The normalized spacial score (nSPS) is 11.2. The van der Waals surface area contributed by atoms with Crippen molar-refractivity contribution in [2.75, 3.05) is 52.1 Å². The van der Waals surface area contributed by atoms with Gasteiger partial charge in [0.15, 0.2) is 0 Å². The van der Waals surface area contributed by atoms with Crippen molar-refractivity contribution in [1.82, 2.24) is 20.1 Å². The van der Waals surface area contributed by atoms with Gasteiger partial charge in [0.1, 0.15) is 12.1 Å². The Hall–Kier alpha value is -3.30. The lowest BCUT2D eigenvalue weighted by atomic mass is 10.0. The van der Waals surface area contributed by atoms with Gasteiger partial charge in [0.2, 0.25) is 5.91 Å². The Labute approximate surface area is 288 Å². The van der Waals surface area contributed by atoms with Crippen molar-refractivity contribution < 1.29 is 18.8 Å². The number of nitrogens with one attached hydrogen (secondary N) is 3. The molecule has 9 heteroatoms. The van der Waals surface area contributed by atoms with Crippen LogP contribution in [0.2, 0.25) is 0 Å². The van der Waals surface area contributed by atoms with E-state index >= 15 is 0 Å². The maximum absolute atomic E-state index is 13.4. The summed E-state index contributed by atoms with van der Waals surface area (Å²) in [5, 5.41) is 5.32. The largest absolute Gasteiger partial charge is 0.359 e. The molecule has 1 aromatic heterocycles. The second kappa shape index (κ2) is 32.6. The monoisotopic (exact) mass is 664 g/mol. The average Bonchev–Trinajstić information content (AvgIpc) is 3.51. The van der Waals surface area contributed by atoms with Gasteiger partial charge in [-0.2, -0.15) is 0 Å². The van der Waals surface area contributed by atoms with E-state index in [1.807, 2.05) is 55.4 Å². The molecule has 0 saturated heterocycles. The van der Waals surface area contributed by atoms with Crippen LogP contribution >= 0.6 is 0 Å². The molecule has 3 rings (SSSR count). The van der Waals surface area contributed by atoms with E-state index in [9.17, 15) is 14.0 Å². The van der Waals surface area contributed by atoms with Crippen molar-refractivity contribution in [2.45, 2.75) is 110 Å². The highest BCUT2D eigenvalue weighted by Gasteiger charge is 2.25. The molecule has 8 nitrogen and oxygen atoms in total. The molecule has 1 aliphatic heterocycles. The van der Waals surface area contributed by atoms with Crippen molar-refractivity contribution in [3.63, 3.8) is 0 Å². The first-order valence-electron chi connectivity index (χ1n) is 17.3. The molecule has 2 heterocycles. The minimum absolute atomic E-state index is 0.0394. The summed E-state index contributed by atoms with van der Waals surface area (Å²) in [6.45, 7) is 33.0. The van der Waals surface area contributed by atoms with Crippen LogP contribution in [0.3, 0.4) is 0 Å². The molecule has 0 atom stereocenters. The van der Waals surface area contributed by atoms with Gasteiger partial charge in [0.25, 0.3) is 5.91 Å². The summed E-state index contributed by atoms with van der Waals surface area (Å²) in [4.78, 5) is 38.7. The zero-order valence-electron chi connectivity index (χ0n) is 32.8. The second-order valence-electron chi connectivity index (χ2n) is 10.2. The summed E-state index contributed by atoms with van der Waals surface area (Å²) in [6.07, 6.45) is 5.18. The number of aldehydes is 1. The Bertz CT molecular complexity index is 1120. The molecule has 1 aliphatic rings. The number of carbonyl (C=O) groups is 3. The smallest absolute Gasteiger partial charge is 0.256 e. The predicted octanol–water partition coefficient (Wildman–Crippen LogP) is 8.67. The molecule has 0 saturated carbocycles. The van der Waals surface area contributed by atoms with Crippen LogP contribution in [-0.4, -0.2) is 79.7 Å². The molecule has 0 fully saturated rings. The second-order valence-corrected chi connectivity index (χ2v) is 10.2. The van der Waals surface area contributed by atoms with Crippen molar-refractivity contribution in [1.29, 1.82) is 0 Å². The number of anilines is 1. The van der Waals surface area contributed by atoms with Gasteiger partial charge in [-0.3, -0.25) is 9.59 Å². The number of aromatic amines is 1. The number of hydrogen-bond acceptors (Lipinski definition) is 5. The van der Waals surface area contributed by atoms with E-state index in [0.717, 1.165) is 42.9 Å². The SMILES string of the molecule is CC.CC.CC=O.CCCC.CCN(C)CCN(C)CC.CCNC(C)=O.Cc1[nH]c(/C=C2\C(=O)Nc3ccc(F)cc32)c(C)c1C. The number of unbranched alkanes of at least 4 members (excludes halogenated alkanes) is 1. The molecule has 272 valence electrons. The van der Waals surface area contributed by atoms with Gasteiger partial charge in [-0.05, 0) is 97.2 Å². The van der Waals surface area contributed by atoms with Crippen LogP contribution in [0, 0.1) is 26.6 Å². The quantitative estimate of drug-likeness (QED) is 0.194. The van der Waals surface area contributed by atoms with Gasteiger partial charge in [0, 0.05) is 49.2 Å². The number of aromatic nitrogens is 1. The predicted molar refractivity (Wildman–Crippen MR) is 204 cm³/mol. The molecule has 0 radical (unpaired) electrons. The van der Waals surface area contributed by atoms with Gasteiger partial charge in [-0.15, -0.1) is 0 Å². The lowest BCUT2D eigenvalue weighted by molar-refractivity contribution is -0.118. The van der Waals surface area contributed by atoms with Gasteiger partial charge in [-0.1, -0.05) is 68.2 Å². The Kier molecular flexibility index (Phi) is 35.1. The van der Waals surface area contributed by atoms with Crippen LogP contribution in [0.4, 0.5) is 10.1 Å². The number of H-pyrrole nitrogens is 1. The topological polar surface area (TPSA) is 97.5 Å². The number of benzene rings is 1. The maximum atomic E-state index is 13.4. The molecule has 47 heavy (non-hydrogen) atoms. The minimum atomic E-state index is -0.346. The molecule has 0 aliphatic carbocycles. The first-order chi connectivity index (χ1) is 22.3. The number of likely N-dealkylation sites (N-methyl/N-ethyl adjacent to an activating group) is 2. The van der Waals surface area contributed by atoms with E-state index in [2.05, 4.69) is 67.2 Å². The summed E-state index contributed by atoms with van der Waals surface area (Å²) >= 11 is 0. The average molecular weight is 664 g/mol. The van der Waals surface area contributed by atoms with Crippen molar-refractivity contribution >= 4 is 35.4 Å². The summed E-state index contributed by atoms with van der Waals surface area (Å²) in [5.74, 6) is -0.505. The third-order valence-corrected chi connectivity index (χ3v) is 6.77. The first kappa shape index (κ1) is 50.6. The number of hydrogen-bond donors (Lipinski definition) is 3. The van der Waals surface area contributed by atoms with E-state index in [1.165, 1.54) is 57.5 Å².